The second-order valence-electron chi connectivity index (χ2n) is 7.71. The molecule has 154 valence electrons. The van der Waals surface area contributed by atoms with Gasteiger partial charge in [-0.1, -0.05) is 6.07 Å². The summed E-state index contributed by atoms with van der Waals surface area (Å²) in [4.78, 5) is 30.2. The zero-order valence-corrected chi connectivity index (χ0v) is 16.6. The summed E-state index contributed by atoms with van der Waals surface area (Å²) in [5, 5.41) is 0.956. The highest BCUT2D eigenvalue weighted by Gasteiger charge is 2.42. The van der Waals surface area contributed by atoms with E-state index >= 15 is 0 Å². The third kappa shape index (κ3) is 3.71. The lowest BCUT2D eigenvalue weighted by Crippen LogP contribution is -2.60. The molecule has 5 rings (SSSR count). The van der Waals surface area contributed by atoms with Crippen molar-refractivity contribution in [3.63, 3.8) is 0 Å². The zero-order valence-electron chi connectivity index (χ0n) is 16.6. The maximum atomic E-state index is 13.3. The number of carbonyl (C=O) groups excluding carboxylic acids is 1. The van der Waals surface area contributed by atoms with Crippen LogP contribution in [0.4, 0.5) is 5.82 Å². The van der Waals surface area contributed by atoms with Crippen LogP contribution in [0, 0.1) is 0 Å². The van der Waals surface area contributed by atoms with Crippen molar-refractivity contribution in [2.45, 2.75) is 5.60 Å². The first-order chi connectivity index (χ1) is 14.7. The lowest BCUT2D eigenvalue weighted by atomic mass is 10.0. The number of nitrogens with zero attached hydrogens (tertiary/aromatic N) is 5. The molecule has 0 radical (unpaired) electrons. The van der Waals surface area contributed by atoms with Crippen LogP contribution in [0.2, 0.25) is 0 Å². The van der Waals surface area contributed by atoms with Crippen LogP contribution < -0.4 is 4.90 Å². The third-order valence-electron chi connectivity index (χ3n) is 5.61. The summed E-state index contributed by atoms with van der Waals surface area (Å²) in [6.45, 7) is 3.80. The number of fused-ring (bicyclic) bond motifs is 1. The quantitative estimate of drug-likeness (QED) is 0.643. The van der Waals surface area contributed by atoms with E-state index in [0.29, 0.717) is 51.6 Å². The van der Waals surface area contributed by atoms with Crippen LogP contribution in [0.25, 0.3) is 10.9 Å². The number of morpholine rings is 1. The van der Waals surface area contributed by atoms with E-state index < -0.39 is 5.60 Å². The van der Waals surface area contributed by atoms with Gasteiger partial charge in [-0.15, -0.1) is 0 Å². The molecule has 1 spiro atoms. The van der Waals surface area contributed by atoms with E-state index in [1.807, 2.05) is 35.2 Å². The molecule has 8 nitrogen and oxygen atoms in total. The molecule has 2 aromatic heterocycles. The van der Waals surface area contributed by atoms with Crippen molar-refractivity contribution in [1.29, 1.82) is 0 Å². The predicted molar refractivity (Wildman–Crippen MR) is 111 cm³/mol. The molecule has 0 N–H and O–H groups in total. The molecule has 1 unspecified atom stereocenters. The number of pyridine rings is 1. The summed E-state index contributed by atoms with van der Waals surface area (Å²) in [5.41, 5.74) is 0.942. The molecule has 1 atom stereocenters. The molecule has 0 aliphatic carbocycles. The Labute approximate surface area is 174 Å². The van der Waals surface area contributed by atoms with Gasteiger partial charge in [0, 0.05) is 42.6 Å². The number of anilines is 1. The fourth-order valence-corrected chi connectivity index (χ4v) is 4.15. The number of rotatable bonds is 2. The monoisotopic (exact) mass is 405 g/mol. The van der Waals surface area contributed by atoms with Gasteiger partial charge in [-0.2, -0.15) is 0 Å². The van der Waals surface area contributed by atoms with Crippen molar-refractivity contribution in [2.24, 2.45) is 0 Å². The Balaban J connectivity index is 1.38. The Kier molecular flexibility index (Phi) is 5.02. The Hall–Kier alpha value is -3.10. The molecule has 3 aromatic rings. The van der Waals surface area contributed by atoms with Crippen molar-refractivity contribution in [3.8, 4) is 0 Å². The maximum Gasteiger partial charge on any atom is 0.254 e. The molecular formula is C22H23N5O3. The van der Waals surface area contributed by atoms with Gasteiger partial charge in [0.1, 0.15) is 11.4 Å². The molecule has 1 amide bonds. The molecular weight excluding hydrogens is 382 g/mol. The van der Waals surface area contributed by atoms with Gasteiger partial charge in [0.15, 0.2) is 0 Å². The lowest BCUT2D eigenvalue weighted by molar-refractivity contribution is -0.124. The van der Waals surface area contributed by atoms with Crippen LogP contribution >= 0.6 is 0 Å². The van der Waals surface area contributed by atoms with Gasteiger partial charge in [-0.05, 0) is 24.3 Å². The first kappa shape index (κ1) is 18.9. The topological polar surface area (TPSA) is 80.7 Å². The normalized spacial score (nSPS) is 22.3. The average molecular weight is 405 g/mol. The molecule has 2 aliphatic heterocycles. The summed E-state index contributed by atoms with van der Waals surface area (Å²) in [6.07, 6.45) is 6.84. The van der Waals surface area contributed by atoms with Gasteiger partial charge in [0.05, 0.1) is 44.6 Å². The van der Waals surface area contributed by atoms with E-state index in [2.05, 4.69) is 19.9 Å². The Morgan fingerprint density at radius 1 is 1.03 bits per heavy atom. The molecule has 4 heterocycles. The fraction of sp³-hybridized carbons (Fsp3) is 0.364. The largest absolute Gasteiger partial charge is 0.376 e. The highest BCUT2D eigenvalue weighted by Crippen LogP contribution is 2.26. The van der Waals surface area contributed by atoms with Gasteiger partial charge in [-0.25, -0.2) is 4.98 Å². The number of hydrogen-bond donors (Lipinski definition) is 0. The summed E-state index contributed by atoms with van der Waals surface area (Å²) in [6, 6.07) is 9.49. The summed E-state index contributed by atoms with van der Waals surface area (Å²) in [5.74, 6) is 0.787. The van der Waals surface area contributed by atoms with E-state index in [9.17, 15) is 4.79 Å². The number of amides is 1. The maximum absolute atomic E-state index is 13.3. The van der Waals surface area contributed by atoms with Crippen LogP contribution in [0.15, 0.2) is 55.1 Å². The van der Waals surface area contributed by atoms with E-state index in [4.69, 9.17) is 9.47 Å². The van der Waals surface area contributed by atoms with Crippen LogP contribution in [0.3, 0.4) is 0 Å². The SMILES string of the molecule is O=C(c1ccc2ncccc2c1)N1CCOC2(COCCN(c3cnccn3)C2)C1. The second kappa shape index (κ2) is 7.97. The zero-order chi connectivity index (χ0) is 20.4. The van der Waals surface area contributed by atoms with Crippen molar-refractivity contribution in [2.75, 3.05) is 50.9 Å². The van der Waals surface area contributed by atoms with Crippen molar-refractivity contribution in [3.05, 3.63) is 60.7 Å². The minimum absolute atomic E-state index is 0.00118. The highest BCUT2D eigenvalue weighted by molar-refractivity contribution is 5.98. The standard InChI is InChI=1S/C22H23N5O3/c28-21(18-3-4-19-17(12-18)2-1-5-24-19)27-9-11-30-22(15-27)14-26(8-10-29-16-22)20-13-23-6-7-25-20/h1-7,12-13H,8-11,14-16H2. The van der Waals surface area contributed by atoms with Crippen molar-refractivity contribution >= 4 is 22.6 Å². The van der Waals surface area contributed by atoms with Gasteiger partial charge >= 0.3 is 0 Å². The first-order valence-corrected chi connectivity index (χ1v) is 10.1. The molecule has 8 heteroatoms. The van der Waals surface area contributed by atoms with Gasteiger partial charge in [0.2, 0.25) is 0 Å². The Bertz CT molecular complexity index is 1050. The smallest absolute Gasteiger partial charge is 0.254 e. The third-order valence-corrected chi connectivity index (χ3v) is 5.61. The van der Waals surface area contributed by atoms with Crippen molar-refractivity contribution < 1.29 is 14.3 Å². The predicted octanol–water partition coefficient (Wildman–Crippen LogP) is 1.77. The molecule has 2 aliphatic rings. The van der Waals surface area contributed by atoms with Gasteiger partial charge in [-0.3, -0.25) is 14.8 Å². The first-order valence-electron chi connectivity index (χ1n) is 10.1. The molecule has 2 saturated heterocycles. The number of carbonyl (C=O) groups is 1. The number of benzene rings is 1. The van der Waals surface area contributed by atoms with Crippen LogP contribution in [-0.2, 0) is 9.47 Å². The van der Waals surface area contributed by atoms with Gasteiger partial charge in [0.25, 0.3) is 5.91 Å². The van der Waals surface area contributed by atoms with Crippen molar-refractivity contribution in [1.82, 2.24) is 19.9 Å². The highest BCUT2D eigenvalue weighted by atomic mass is 16.5. The average Bonchev–Trinajstić information content (AvgIpc) is 3.01. The molecule has 1 aromatic carbocycles. The van der Waals surface area contributed by atoms with Crippen LogP contribution in [0.1, 0.15) is 10.4 Å². The summed E-state index contributed by atoms with van der Waals surface area (Å²) in [7, 11) is 0. The van der Waals surface area contributed by atoms with E-state index in [1.54, 1.807) is 24.8 Å². The number of hydrogen-bond acceptors (Lipinski definition) is 7. The Morgan fingerprint density at radius 2 is 2.00 bits per heavy atom. The van der Waals surface area contributed by atoms with Gasteiger partial charge < -0.3 is 19.3 Å². The minimum Gasteiger partial charge on any atom is -0.376 e. The summed E-state index contributed by atoms with van der Waals surface area (Å²) < 4.78 is 12.1. The fourth-order valence-electron chi connectivity index (χ4n) is 4.15. The molecule has 2 fully saturated rings. The second-order valence-corrected chi connectivity index (χ2v) is 7.71. The van der Waals surface area contributed by atoms with E-state index in [0.717, 1.165) is 16.7 Å². The molecule has 0 saturated carbocycles. The van der Waals surface area contributed by atoms with Crippen LogP contribution in [0.5, 0.6) is 0 Å². The number of aromatic nitrogens is 3. The Morgan fingerprint density at radius 3 is 2.90 bits per heavy atom. The summed E-state index contributed by atoms with van der Waals surface area (Å²) >= 11 is 0. The van der Waals surface area contributed by atoms with E-state index in [-0.39, 0.29) is 5.91 Å². The molecule has 30 heavy (non-hydrogen) atoms. The number of ether oxygens (including phenoxy) is 2. The lowest BCUT2D eigenvalue weighted by Gasteiger charge is -2.43. The van der Waals surface area contributed by atoms with E-state index in [1.165, 1.54) is 0 Å². The minimum atomic E-state index is -0.597. The molecule has 0 bridgehead atoms. The van der Waals surface area contributed by atoms with Crippen LogP contribution in [-0.4, -0.2) is 77.4 Å².